The van der Waals surface area contributed by atoms with Gasteiger partial charge in [0.1, 0.15) is 6.04 Å². The predicted molar refractivity (Wildman–Crippen MR) is 44.7 cm³/mol. The maximum atomic E-state index is 11.7. The van der Waals surface area contributed by atoms with E-state index in [0.29, 0.717) is 10.6 Å². The molecule has 0 bridgehead atoms. The summed E-state index contributed by atoms with van der Waals surface area (Å²) in [5, 5.41) is 23.1. The number of ketones is 1. The molecule has 3 N–H and O–H groups in total. The maximum absolute atomic E-state index is 11.7. The predicted octanol–water partition coefficient (Wildman–Crippen LogP) is -1.92. The first-order chi connectivity index (χ1) is 7.11. The Balaban J connectivity index is 1.95. The Morgan fingerprint density at radius 3 is 2.87 bits per heavy atom. The first-order valence-corrected chi connectivity index (χ1v) is 4.58. The minimum Gasteiger partial charge on any atom is -0.311 e. The summed E-state index contributed by atoms with van der Waals surface area (Å²) in [5.41, 5.74) is 0.536. The first-order valence-electron chi connectivity index (χ1n) is 4.58. The third kappa shape index (κ3) is 1.03. The third-order valence-corrected chi connectivity index (χ3v) is 2.95. The average molecular weight is 211 g/mol. The molecular weight excluding hydrogens is 202 g/mol. The van der Waals surface area contributed by atoms with Crippen LogP contribution in [0.25, 0.3) is 0 Å². The summed E-state index contributed by atoms with van der Waals surface area (Å²) in [6.45, 7) is -0.102. The first kappa shape index (κ1) is 8.98. The van der Waals surface area contributed by atoms with E-state index in [0.717, 1.165) is 5.06 Å². The molecule has 7 nitrogen and oxygen atoms in total. The van der Waals surface area contributed by atoms with E-state index in [4.69, 9.17) is 0 Å². The van der Waals surface area contributed by atoms with Crippen LogP contribution in [0.4, 0.5) is 0 Å². The van der Waals surface area contributed by atoms with Crippen LogP contribution in [0.1, 0.15) is 0 Å². The van der Waals surface area contributed by atoms with E-state index in [1.54, 1.807) is 6.08 Å². The molecule has 3 unspecified atom stereocenters. The highest BCUT2D eigenvalue weighted by molar-refractivity contribution is 6.07. The van der Waals surface area contributed by atoms with Gasteiger partial charge in [-0.2, -0.15) is 5.06 Å². The zero-order chi connectivity index (χ0) is 10.7. The number of rotatable bonds is 0. The molecule has 2 saturated heterocycles. The zero-order valence-electron chi connectivity index (χ0n) is 7.62. The maximum Gasteiger partial charge on any atom is 0.261 e. The molecule has 15 heavy (non-hydrogen) atoms. The molecule has 0 spiro atoms. The van der Waals surface area contributed by atoms with Crippen molar-refractivity contribution in [1.82, 2.24) is 15.4 Å². The second kappa shape index (κ2) is 2.64. The summed E-state index contributed by atoms with van der Waals surface area (Å²) in [6.07, 6.45) is 0.576. The summed E-state index contributed by atoms with van der Waals surface area (Å²) < 4.78 is 0. The van der Waals surface area contributed by atoms with Crippen molar-refractivity contribution in [3.63, 3.8) is 0 Å². The summed E-state index contributed by atoms with van der Waals surface area (Å²) >= 11 is 0. The van der Waals surface area contributed by atoms with Gasteiger partial charge in [0.15, 0.2) is 11.9 Å². The fourth-order valence-corrected chi connectivity index (χ4v) is 2.08. The number of carbonyl (C=O) groups excluding carboxylic acids is 2. The van der Waals surface area contributed by atoms with Crippen LogP contribution >= 0.6 is 0 Å². The number of piperazine rings is 1. The normalized spacial score (nSPS) is 39.7. The lowest BCUT2D eigenvalue weighted by molar-refractivity contribution is -0.263. The molecule has 3 atom stereocenters. The molecule has 1 aliphatic carbocycles. The summed E-state index contributed by atoms with van der Waals surface area (Å²) in [7, 11) is 0. The largest absolute Gasteiger partial charge is 0.311 e. The van der Waals surface area contributed by atoms with E-state index in [-0.39, 0.29) is 12.3 Å². The minimum absolute atomic E-state index is 0.102. The molecule has 1 amide bonds. The average Bonchev–Trinajstić information content (AvgIpc) is 2.98. The zero-order valence-corrected chi connectivity index (χ0v) is 7.62. The van der Waals surface area contributed by atoms with Gasteiger partial charge in [0.25, 0.3) is 5.91 Å². The number of fused-ring (bicyclic) bond motifs is 2. The van der Waals surface area contributed by atoms with Crippen LogP contribution in [-0.4, -0.2) is 57.0 Å². The number of piperidine rings is 1. The van der Waals surface area contributed by atoms with E-state index < -0.39 is 24.2 Å². The van der Waals surface area contributed by atoms with E-state index in [1.165, 1.54) is 0 Å². The van der Waals surface area contributed by atoms with Crippen LogP contribution in [-0.2, 0) is 9.59 Å². The smallest absolute Gasteiger partial charge is 0.261 e. The lowest BCUT2D eigenvalue weighted by Crippen LogP contribution is -2.70. The van der Waals surface area contributed by atoms with Crippen LogP contribution in [0.3, 0.4) is 0 Å². The van der Waals surface area contributed by atoms with Crippen LogP contribution in [0.2, 0.25) is 0 Å². The van der Waals surface area contributed by atoms with E-state index >= 15 is 0 Å². The number of hydroxylamine groups is 4. The number of hydrogen-bond acceptors (Lipinski definition) is 6. The Morgan fingerprint density at radius 2 is 2.13 bits per heavy atom. The van der Waals surface area contributed by atoms with Crippen molar-refractivity contribution in [1.29, 1.82) is 0 Å². The lowest BCUT2D eigenvalue weighted by atomic mass is 10.00. The molecular formula is C8H9N3O4. The Kier molecular flexibility index (Phi) is 1.58. The topological polar surface area (TPSA) is 93.1 Å². The van der Waals surface area contributed by atoms with Gasteiger partial charge in [-0.3, -0.25) is 20.1 Å². The highest BCUT2D eigenvalue weighted by Crippen LogP contribution is 2.36. The van der Waals surface area contributed by atoms with Gasteiger partial charge in [-0.05, 0) is 0 Å². The van der Waals surface area contributed by atoms with Crippen molar-refractivity contribution in [2.75, 3.05) is 6.54 Å². The van der Waals surface area contributed by atoms with Crippen LogP contribution in [0.15, 0.2) is 11.6 Å². The minimum atomic E-state index is -1.02. The Hall–Kier alpha value is -1.28. The lowest BCUT2D eigenvalue weighted by Gasteiger charge is -2.43. The fourth-order valence-electron chi connectivity index (χ4n) is 2.08. The van der Waals surface area contributed by atoms with Crippen LogP contribution in [0, 0.1) is 0 Å². The number of nitrogens with zero attached hydrogens (tertiary/aromatic N) is 2. The van der Waals surface area contributed by atoms with E-state index in [1.807, 2.05) is 0 Å². The van der Waals surface area contributed by atoms with Gasteiger partial charge in [-0.15, -0.1) is 0 Å². The Labute approximate surface area is 84.5 Å². The van der Waals surface area contributed by atoms with E-state index in [9.17, 15) is 20.0 Å². The Bertz CT molecular complexity index is 393. The van der Waals surface area contributed by atoms with Gasteiger partial charge in [-0.25, -0.2) is 5.06 Å². The summed E-state index contributed by atoms with van der Waals surface area (Å²) in [4.78, 5) is 22.9. The number of hydrogen-bond donors (Lipinski definition) is 3. The standard InChI is InChI=1S/C8H9N3O4/c12-5-2-9-6-7(13)3-1-4(3)10(14)8(6)11(5)15/h1,4,6,8-9,14-15H,2H2. The molecule has 2 heterocycles. The monoisotopic (exact) mass is 211 g/mol. The Morgan fingerprint density at radius 1 is 1.40 bits per heavy atom. The molecule has 7 heteroatoms. The van der Waals surface area contributed by atoms with Crippen molar-refractivity contribution in [3.8, 4) is 0 Å². The van der Waals surface area contributed by atoms with Crippen molar-refractivity contribution >= 4 is 11.7 Å². The summed E-state index contributed by atoms with van der Waals surface area (Å²) in [6, 6.07) is -1.19. The van der Waals surface area contributed by atoms with Crippen molar-refractivity contribution in [2.24, 2.45) is 0 Å². The molecule has 0 aromatic heterocycles. The molecule has 2 fully saturated rings. The van der Waals surface area contributed by atoms with Crippen LogP contribution in [0.5, 0.6) is 0 Å². The quantitative estimate of drug-likeness (QED) is 0.405. The van der Waals surface area contributed by atoms with E-state index in [2.05, 4.69) is 5.32 Å². The number of carbonyl (C=O) groups is 2. The number of amides is 1. The molecule has 2 aliphatic heterocycles. The molecule has 0 radical (unpaired) electrons. The molecule has 3 rings (SSSR count). The molecule has 0 saturated carbocycles. The second-order valence-electron chi connectivity index (χ2n) is 3.82. The SMILES string of the molecule is O=C1C2=CC2N(O)C2C1NCC(=O)N2O. The molecule has 80 valence electrons. The van der Waals surface area contributed by atoms with Gasteiger partial charge >= 0.3 is 0 Å². The molecule has 0 aromatic rings. The van der Waals surface area contributed by atoms with Crippen molar-refractivity contribution in [3.05, 3.63) is 11.6 Å². The number of Topliss-reactive ketones (excluding diaryl/α,β-unsaturated/α-hetero) is 1. The van der Waals surface area contributed by atoms with Gasteiger partial charge < -0.3 is 5.21 Å². The highest BCUT2D eigenvalue weighted by Gasteiger charge is 2.55. The summed E-state index contributed by atoms with van der Waals surface area (Å²) in [5.74, 6) is -0.728. The molecule has 0 aromatic carbocycles. The molecule has 3 aliphatic rings. The fraction of sp³-hybridized carbons (Fsp3) is 0.500. The number of nitrogens with one attached hydrogen (secondary N) is 1. The van der Waals surface area contributed by atoms with Crippen molar-refractivity contribution in [2.45, 2.75) is 18.2 Å². The second-order valence-corrected chi connectivity index (χ2v) is 3.82. The van der Waals surface area contributed by atoms with Gasteiger partial charge in [0.05, 0.1) is 12.6 Å². The van der Waals surface area contributed by atoms with Gasteiger partial charge in [0, 0.05) is 5.57 Å². The highest BCUT2D eigenvalue weighted by atomic mass is 16.6. The third-order valence-electron chi connectivity index (χ3n) is 2.95. The van der Waals surface area contributed by atoms with Gasteiger partial charge in [0.2, 0.25) is 0 Å². The van der Waals surface area contributed by atoms with Gasteiger partial charge in [-0.1, -0.05) is 6.08 Å². The van der Waals surface area contributed by atoms with Crippen molar-refractivity contribution < 1.29 is 20.0 Å². The van der Waals surface area contributed by atoms with Crippen LogP contribution < -0.4 is 5.32 Å².